The molecule has 0 spiro atoms. The molecule has 3 aromatic carbocycles. The highest BCUT2D eigenvalue weighted by Crippen LogP contribution is 2.25. The molecule has 4 rings (SSSR count). The van der Waals surface area contributed by atoms with E-state index in [9.17, 15) is 9.59 Å². The van der Waals surface area contributed by atoms with Crippen LogP contribution in [-0.2, 0) is 0 Å². The third kappa shape index (κ3) is 4.81. The normalized spacial score (nSPS) is 10.7. The third-order valence-electron chi connectivity index (χ3n) is 5.11. The number of carbonyl (C=O) groups is 1. The van der Waals surface area contributed by atoms with E-state index in [1.54, 1.807) is 30.3 Å². The topological polar surface area (TPSA) is 64.0 Å². The van der Waals surface area contributed by atoms with Crippen LogP contribution in [0.4, 0.5) is 5.69 Å². The quantitative estimate of drug-likeness (QED) is 0.440. The Morgan fingerprint density at radius 1 is 0.844 bits per heavy atom. The molecule has 0 atom stereocenters. The van der Waals surface area contributed by atoms with Crippen molar-refractivity contribution in [2.45, 2.75) is 30.7 Å². The highest BCUT2D eigenvalue weighted by atomic mass is 32.2. The van der Waals surface area contributed by atoms with Crippen molar-refractivity contribution in [3.8, 4) is 5.69 Å². The van der Waals surface area contributed by atoms with Gasteiger partial charge in [0.15, 0.2) is 0 Å². The second-order valence-corrected chi connectivity index (χ2v) is 8.70. The number of aryl methyl sites for hydroxylation is 3. The maximum absolute atomic E-state index is 12.7. The van der Waals surface area contributed by atoms with Crippen molar-refractivity contribution in [3.05, 3.63) is 111 Å². The zero-order chi connectivity index (χ0) is 22.7. The number of aromatic nitrogens is 2. The number of amides is 1. The number of nitrogens with one attached hydrogen (secondary N) is 1. The van der Waals surface area contributed by atoms with Crippen LogP contribution in [0.15, 0.2) is 93.6 Å². The molecule has 0 aliphatic carbocycles. The minimum Gasteiger partial charge on any atom is -0.322 e. The third-order valence-corrected chi connectivity index (χ3v) is 6.05. The zero-order valence-corrected chi connectivity index (χ0v) is 18.9. The first kappa shape index (κ1) is 21.6. The number of para-hydroxylation sites is 1. The van der Waals surface area contributed by atoms with Gasteiger partial charge in [-0.3, -0.25) is 9.59 Å². The van der Waals surface area contributed by atoms with Gasteiger partial charge >= 0.3 is 0 Å². The van der Waals surface area contributed by atoms with Gasteiger partial charge in [0.25, 0.3) is 11.5 Å². The summed E-state index contributed by atoms with van der Waals surface area (Å²) in [5, 5.41) is 8.18. The molecule has 1 aromatic heterocycles. The van der Waals surface area contributed by atoms with E-state index in [1.165, 1.54) is 28.1 Å². The molecule has 0 bridgehead atoms. The molecule has 5 nitrogen and oxygen atoms in total. The van der Waals surface area contributed by atoms with Crippen LogP contribution in [0.1, 0.15) is 27.0 Å². The van der Waals surface area contributed by atoms with Crippen molar-refractivity contribution < 1.29 is 4.79 Å². The van der Waals surface area contributed by atoms with E-state index in [4.69, 9.17) is 0 Å². The van der Waals surface area contributed by atoms with Crippen molar-refractivity contribution in [1.29, 1.82) is 0 Å². The first-order valence-corrected chi connectivity index (χ1v) is 11.1. The lowest BCUT2D eigenvalue weighted by Gasteiger charge is -2.12. The van der Waals surface area contributed by atoms with E-state index in [2.05, 4.69) is 10.4 Å². The lowest BCUT2D eigenvalue weighted by molar-refractivity contribution is 0.102. The van der Waals surface area contributed by atoms with Gasteiger partial charge in [-0.05, 0) is 74.4 Å². The summed E-state index contributed by atoms with van der Waals surface area (Å²) in [7, 11) is 0. The standard InChI is InChI=1S/C26H23N3O2S/c1-17-7-13-22(14-8-17)32-23-15-16-24(30)29(28-23)21-11-9-20(10-12-21)26(31)27-25-18(2)5-4-6-19(25)3/h4-16H,1-3H3,(H,27,31). The van der Waals surface area contributed by atoms with Gasteiger partial charge in [0.1, 0.15) is 5.03 Å². The number of hydrogen-bond donors (Lipinski definition) is 1. The number of rotatable bonds is 5. The monoisotopic (exact) mass is 441 g/mol. The first-order valence-electron chi connectivity index (χ1n) is 10.2. The molecule has 6 heteroatoms. The summed E-state index contributed by atoms with van der Waals surface area (Å²) < 4.78 is 1.35. The van der Waals surface area contributed by atoms with Crippen molar-refractivity contribution in [1.82, 2.24) is 9.78 Å². The largest absolute Gasteiger partial charge is 0.322 e. The molecule has 160 valence electrons. The first-order chi connectivity index (χ1) is 15.4. The maximum atomic E-state index is 12.7. The Labute approximate surface area is 191 Å². The van der Waals surface area contributed by atoms with Crippen LogP contribution >= 0.6 is 11.8 Å². The number of nitrogens with zero attached hydrogens (tertiary/aromatic N) is 2. The summed E-state index contributed by atoms with van der Waals surface area (Å²) in [6.07, 6.45) is 0. The van der Waals surface area contributed by atoms with E-state index < -0.39 is 0 Å². The van der Waals surface area contributed by atoms with Crippen LogP contribution in [0.3, 0.4) is 0 Å². The van der Waals surface area contributed by atoms with Gasteiger partial charge in [0.2, 0.25) is 0 Å². The SMILES string of the molecule is Cc1ccc(Sc2ccc(=O)n(-c3ccc(C(=O)Nc4c(C)cccc4C)cc3)n2)cc1. The molecule has 0 fully saturated rings. The Bertz CT molecular complexity index is 1310. The van der Waals surface area contributed by atoms with E-state index in [-0.39, 0.29) is 11.5 Å². The average molecular weight is 442 g/mol. The molecule has 0 saturated carbocycles. The van der Waals surface area contributed by atoms with Crippen LogP contribution in [0.2, 0.25) is 0 Å². The molecule has 0 aliphatic rings. The van der Waals surface area contributed by atoms with E-state index in [1.807, 2.05) is 63.2 Å². The van der Waals surface area contributed by atoms with E-state index in [0.29, 0.717) is 16.3 Å². The highest BCUT2D eigenvalue weighted by Gasteiger charge is 2.11. The van der Waals surface area contributed by atoms with Gasteiger partial charge in [-0.2, -0.15) is 9.78 Å². The van der Waals surface area contributed by atoms with Crippen molar-refractivity contribution in [2.75, 3.05) is 5.32 Å². The predicted molar refractivity (Wildman–Crippen MR) is 129 cm³/mol. The molecular weight excluding hydrogens is 418 g/mol. The van der Waals surface area contributed by atoms with Gasteiger partial charge < -0.3 is 5.32 Å². The average Bonchev–Trinajstić information content (AvgIpc) is 2.79. The molecule has 4 aromatic rings. The van der Waals surface area contributed by atoms with Gasteiger partial charge in [0, 0.05) is 22.2 Å². The second-order valence-electron chi connectivity index (χ2n) is 7.60. The summed E-state index contributed by atoms with van der Waals surface area (Å²) >= 11 is 1.49. The molecule has 0 radical (unpaired) electrons. The van der Waals surface area contributed by atoms with Crippen LogP contribution in [0, 0.1) is 20.8 Å². The fourth-order valence-electron chi connectivity index (χ4n) is 3.31. The molecule has 32 heavy (non-hydrogen) atoms. The minimum atomic E-state index is -0.231. The van der Waals surface area contributed by atoms with E-state index >= 15 is 0 Å². The van der Waals surface area contributed by atoms with Crippen LogP contribution in [-0.4, -0.2) is 15.7 Å². The lowest BCUT2D eigenvalue weighted by atomic mass is 10.1. The van der Waals surface area contributed by atoms with Gasteiger partial charge in [-0.25, -0.2) is 0 Å². The van der Waals surface area contributed by atoms with Crippen molar-refractivity contribution in [3.63, 3.8) is 0 Å². The summed E-state index contributed by atoms with van der Waals surface area (Å²) in [6.45, 7) is 5.97. The van der Waals surface area contributed by atoms with E-state index in [0.717, 1.165) is 21.7 Å². The molecular formula is C26H23N3O2S. The summed E-state index contributed by atoms with van der Waals surface area (Å²) in [5.74, 6) is -0.196. The smallest absolute Gasteiger partial charge is 0.271 e. The molecule has 1 heterocycles. The second kappa shape index (κ2) is 9.24. The Morgan fingerprint density at radius 2 is 1.50 bits per heavy atom. The molecule has 1 N–H and O–H groups in total. The summed E-state index contributed by atoms with van der Waals surface area (Å²) in [4.78, 5) is 26.2. The van der Waals surface area contributed by atoms with Gasteiger partial charge in [-0.15, -0.1) is 0 Å². The van der Waals surface area contributed by atoms with Crippen LogP contribution in [0.5, 0.6) is 0 Å². The van der Waals surface area contributed by atoms with Gasteiger partial charge in [-0.1, -0.05) is 47.7 Å². The lowest BCUT2D eigenvalue weighted by Crippen LogP contribution is -2.20. The Hall–Kier alpha value is -3.64. The maximum Gasteiger partial charge on any atom is 0.271 e. The number of benzene rings is 3. The van der Waals surface area contributed by atoms with Crippen molar-refractivity contribution in [2.24, 2.45) is 0 Å². The zero-order valence-electron chi connectivity index (χ0n) is 18.1. The number of hydrogen-bond acceptors (Lipinski definition) is 4. The highest BCUT2D eigenvalue weighted by molar-refractivity contribution is 7.99. The molecule has 0 saturated heterocycles. The molecule has 1 amide bonds. The fraction of sp³-hybridized carbons (Fsp3) is 0.115. The number of anilines is 1. The number of carbonyl (C=O) groups excluding carboxylic acids is 1. The molecule has 0 unspecified atom stereocenters. The Morgan fingerprint density at radius 3 is 2.16 bits per heavy atom. The summed E-state index contributed by atoms with van der Waals surface area (Å²) in [5.41, 5.74) is 4.90. The predicted octanol–water partition coefficient (Wildman–Crippen LogP) is 5.56. The Balaban J connectivity index is 1.55. The van der Waals surface area contributed by atoms with Crippen LogP contribution in [0.25, 0.3) is 5.69 Å². The molecule has 0 aliphatic heterocycles. The Kier molecular flexibility index (Phi) is 6.23. The minimum absolute atomic E-state index is 0.196. The fourth-order valence-corrected chi connectivity index (χ4v) is 4.08. The summed E-state index contributed by atoms with van der Waals surface area (Å²) in [6, 6.07) is 24.1. The van der Waals surface area contributed by atoms with Crippen LogP contribution < -0.4 is 10.9 Å². The van der Waals surface area contributed by atoms with Gasteiger partial charge in [0.05, 0.1) is 5.69 Å². The van der Waals surface area contributed by atoms with Crippen molar-refractivity contribution >= 4 is 23.4 Å².